The van der Waals surface area contributed by atoms with Crippen LogP contribution in [0.25, 0.3) is 10.8 Å². The third kappa shape index (κ3) is 5.41. The fourth-order valence-corrected chi connectivity index (χ4v) is 9.44. The van der Waals surface area contributed by atoms with E-state index in [0.717, 1.165) is 54.9 Å². The van der Waals surface area contributed by atoms with Gasteiger partial charge in [0.25, 0.3) is 0 Å². The fourth-order valence-electron chi connectivity index (χ4n) is 9.44. The number of aliphatic hydroxyl groups excluding tert-OH is 1. The van der Waals surface area contributed by atoms with Gasteiger partial charge in [0.1, 0.15) is 17.2 Å². The second-order valence-corrected chi connectivity index (χ2v) is 14.7. The van der Waals surface area contributed by atoms with Gasteiger partial charge < -0.3 is 29.3 Å². The first kappa shape index (κ1) is 31.8. The van der Waals surface area contributed by atoms with Gasteiger partial charge in [-0.3, -0.25) is 0 Å². The molecular formula is C40H47NO6. The predicted octanol–water partition coefficient (Wildman–Crippen LogP) is 7.83. The Kier molecular flexibility index (Phi) is 8.12. The molecule has 7 nitrogen and oxygen atoms in total. The SMILES string of the molecule is COc1ccc(CN(CC2(O)CCC3C4=CC=C5CC(O)CCC5(C)C4CCC32C)C(=O)Oc2ccc3ccccc3c2)c(OC)c1. The van der Waals surface area contributed by atoms with Crippen LogP contribution >= 0.6 is 0 Å². The Morgan fingerprint density at radius 2 is 1.64 bits per heavy atom. The zero-order valence-corrected chi connectivity index (χ0v) is 28.0. The van der Waals surface area contributed by atoms with E-state index in [2.05, 4.69) is 26.0 Å². The minimum Gasteiger partial charge on any atom is -0.497 e. The Morgan fingerprint density at radius 1 is 0.872 bits per heavy atom. The average Bonchev–Trinajstić information content (AvgIpc) is 3.34. The molecule has 3 saturated carbocycles. The Labute approximate surface area is 277 Å². The molecule has 0 aromatic heterocycles. The molecule has 6 unspecified atom stereocenters. The number of nitrogens with zero attached hydrogens (tertiary/aromatic N) is 1. The number of benzene rings is 3. The average molecular weight is 638 g/mol. The molecule has 3 aromatic carbocycles. The number of fused-ring (bicyclic) bond motifs is 6. The molecule has 0 saturated heterocycles. The summed E-state index contributed by atoms with van der Waals surface area (Å²) in [5.74, 6) is 2.38. The zero-order chi connectivity index (χ0) is 33.0. The molecule has 47 heavy (non-hydrogen) atoms. The monoisotopic (exact) mass is 637 g/mol. The normalized spacial score (nSPS) is 31.1. The first-order valence-electron chi connectivity index (χ1n) is 17.0. The molecule has 248 valence electrons. The third-order valence-electron chi connectivity index (χ3n) is 12.4. The number of carbonyl (C=O) groups excluding carboxylic acids is 1. The number of aliphatic hydroxyl groups is 2. The summed E-state index contributed by atoms with van der Waals surface area (Å²) in [7, 11) is 3.22. The van der Waals surface area contributed by atoms with E-state index in [0.29, 0.717) is 29.6 Å². The molecule has 4 aliphatic carbocycles. The molecule has 3 aromatic rings. The molecule has 7 heteroatoms. The van der Waals surface area contributed by atoms with Gasteiger partial charge in [0.2, 0.25) is 0 Å². The van der Waals surface area contributed by atoms with Gasteiger partial charge in [-0.15, -0.1) is 0 Å². The van der Waals surface area contributed by atoms with Crippen LogP contribution in [-0.2, 0) is 6.54 Å². The summed E-state index contributed by atoms with van der Waals surface area (Å²) in [6.07, 6.45) is 9.73. The Bertz CT molecular complexity index is 1750. The quantitative estimate of drug-likeness (QED) is 0.275. The summed E-state index contributed by atoms with van der Waals surface area (Å²) < 4.78 is 17.2. The second-order valence-electron chi connectivity index (χ2n) is 14.7. The number of carbonyl (C=O) groups is 1. The molecule has 6 atom stereocenters. The standard InChI is InChI=1S/C40H47NO6/c1-38-18-15-30(42)22-29(38)11-14-33-34(38)16-19-39(2)35(33)17-20-40(39,44)25-41(24-28-10-12-31(45-3)23-36(28)46-4)37(43)47-32-13-9-26-7-5-6-8-27(26)21-32/h5-14,21,23,30,34-35,42,44H,15-20,22,24-25H2,1-4H3. The first-order chi connectivity index (χ1) is 22.6. The van der Waals surface area contributed by atoms with Crippen molar-refractivity contribution < 1.29 is 29.2 Å². The molecule has 2 N–H and O–H groups in total. The van der Waals surface area contributed by atoms with Crippen molar-refractivity contribution in [3.63, 3.8) is 0 Å². The van der Waals surface area contributed by atoms with E-state index in [1.807, 2.05) is 60.7 Å². The molecule has 7 rings (SSSR count). The largest absolute Gasteiger partial charge is 0.497 e. The summed E-state index contributed by atoms with van der Waals surface area (Å²) in [6, 6.07) is 19.2. The van der Waals surface area contributed by atoms with E-state index in [1.54, 1.807) is 19.1 Å². The number of hydrogen-bond donors (Lipinski definition) is 2. The minimum atomic E-state index is -1.11. The van der Waals surface area contributed by atoms with Gasteiger partial charge in [-0.25, -0.2) is 4.79 Å². The minimum absolute atomic E-state index is 0.0615. The highest BCUT2D eigenvalue weighted by Gasteiger charge is 2.62. The highest BCUT2D eigenvalue weighted by Crippen LogP contribution is 2.66. The molecule has 0 heterocycles. The van der Waals surface area contributed by atoms with Gasteiger partial charge in [0.15, 0.2) is 0 Å². The van der Waals surface area contributed by atoms with Crippen molar-refractivity contribution in [2.45, 2.75) is 77.0 Å². The smallest absolute Gasteiger partial charge is 0.415 e. The number of rotatable bonds is 7. The lowest BCUT2D eigenvalue weighted by atomic mass is 9.50. The molecule has 0 radical (unpaired) electrons. The molecule has 3 fully saturated rings. The zero-order valence-electron chi connectivity index (χ0n) is 28.0. The summed E-state index contributed by atoms with van der Waals surface area (Å²) in [6.45, 7) is 4.97. The van der Waals surface area contributed by atoms with Crippen LogP contribution in [0.4, 0.5) is 4.79 Å². The molecule has 0 bridgehead atoms. The molecule has 1 amide bonds. The van der Waals surface area contributed by atoms with Crippen molar-refractivity contribution in [2.24, 2.45) is 22.7 Å². The predicted molar refractivity (Wildman–Crippen MR) is 183 cm³/mol. The van der Waals surface area contributed by atoms with Gasteiger partial charge in [0, 0.05) is 17.0 Å². The number of allylic oxidation sites excluding steroid dienone is 3. The maximum atomic E-state index is 14.1. The number of ether oxygens (including phenoxy) is 3. The number of hydrogen-bond acceptors (Lipinski definition) is 6. The maximum Gasteiger partial charge on any atom is 0.415 e. The first-order valence-corrected chi connectivity index (χ1v) is 17.0. The Hall–Kier alpha value is -3.81. The topological polar surface area (TPSA) is 88.5 Å². The van der Waals surface area contributed by atoms with Gasteiger partial charge in [-0.1, -0.05) is 67.5 Å². The molecular weight excluding hydrogens is 590 g/mol. The van der Waals surface area contributed by atoms with Gasteiger partial charge in [-0.2, -0.15) is 0 Å². The van der Waals surface area contributed by atoms with Crippen LogP contribution in [0.1, 0.15) is 64.4 Å². The van der Waals surface area contributed by atoms with E-state index in [-0.39, 0.29) is 30.5 Å². The summed E-state index contributed by atoms with van der Waals surface area (Å²) in [5.41, 5.74) is 2.16. The fraction of sp³-hybridized carbons (Fsp3) is 0.475. The lowest BCUT2D eigenvalue weighted by Gasteiger charge is -2.56. The Balaban J connectivity index is 1.19. The second kappa shape index (κ2) is 12.0. The number of methoxy groups -OCH3 is 2. The summed E-state index contributed by atoms with van der Waals surface area (Å²) in [5, 5.41) is 25.2. The Morgan fingerprint density at radius 3 is 2.43 bits per heavy atom. The maximum absolute atomic E-state index is 14.1. The van der Waals surface area contributed by atoms with Crippen LogP contribution in [0.15, 0.2) is 84.0 Å². The van der Waals surface area contributed by atoms with Crippen LogP contribution in [0, 0.1) is 22.7 Å². The van der Waals surface area contributed by atoms with E-state index in [9.17, 15) is 15.0 Å². The lowest BCUT2D eigenvalue weighted by molar-refractivity contribution is -0.0989. The van der Waals surface area contributed by atoms with Crippen molar-refractivity contribution in [2.75, 3.05) is 20.8 Å². The van der Waals surface area contributed by atoms with E-state index >= 15 is 0 Å². The van der Waals surface area contributed by atoms with Crippen LogP contribution in [-0.4, -0.2) is 53.7 Å². The number of amides is 1. The van der Waals surface area contributed by atoms with Crippen LogP contribution in [0.5, 0.6) is 17.2 Å². The summed E-state index contributed by atoms with van der Waals surface area (Å²) >= 11 is 0. The van der Waals surface area contributed by atoms with Crippen molar-refractivity contribution in [1.82, 2.24) is 4.90 Å². The highest BCUT2D eigenvalue weighted by atomic mass is 16.6. The summed E-state index contributed by atoms with van der Waals surface area (Å²) in [4.78, 5) is 15.8. The molecule has 4 aliphatic rings. The van der Waals surface area contributed by atoms with Crippen molar-refractivity contribution in [3.8, 4) is 17.2 Å². The van der Waals surface area contributed by atoms with Crippen LogP contribution < -0.4 is 14.2 Å². The van der Waals surface area contributed by atoms with Crippen molar-refractivity contribution in [3.05, 3.63) is 89.5 Å². The van der Waals surface area contributed by atoms with Gasteiger partial charge >= 0.3 is 6.09 Å². The lowest BCUT2D eigenvalue weighted by Crippen LogP contribution is -2.56. The molecule has 0 aliphatic heterocycles. The van der Waals surface area contributed by atoms with E-state index < -0.39 is 17.1 Å². The van der Waals surface area contributed by atoms with Crippen molar-refractivity contribution in [1.29, 1.82) is 0 Å². The van der Waals surface area contributed by atoms with E-state index in [4.69, 9.17) is 14.2 Å². The van der Waals surface area contributed by atoms with Crippen LogP contribution in [0.3, 0.4) is 0 Å². The third-order valence-corrected chi connectivity index (χ3v) is 12.4. The van der Waals surface area contributed by atoms with Gasteiger partial charge in [-0.05, 0) is 97.2 Å². The van der Waals surface area contributed by atoms with E-state index in [1.165, 1.54) is 11.1 Å². The molecule has 0 spiro atoms. The van der Waals surface area contributed by atoms with Crippen molar-refractivity contribution >= 4 is 16.9 Å². The highest BCUT2D eigenvalue weighted by molar-refractivity contribution is 5.84. The van der Waals surface area contributed by atoms with Crippen LogP contribution in [0.2, 0.25) is 0 Å². The van der Waals surface area contributed by atoms with Gasteiger partial charge in [0.05, 0.1) is 39.0 Å².